The zero-order chi connectivity index (χ0) is 22.2. The van der Waals surface area contributed by atoms with Crippen molar-refractivity contribution in [1.29, 1.82) is 0 Å². The van der Waals surface area contributed by atoms with Gasteiger partial charge in [0.2, 0.25) is 5.88 Å². The van der Waals surface area contributed by atoms with Gasteiger partial charge in [-0.05, 0) is 54.3 Å². The van der Waals surface area contributed by atoms with Gasteiger partial charge in [0.25, 0.3) is 0 Å². The zero-order valence-electron chi connectivity index (χ0n) is 18.3. The molecular weight excluding hydrogens is 396 g/mol. The van der Waals surface area contributed by atoms with Crippen LogP contribution in [0, 0.1) is 13.8 Å². The highest BCUT2D eigenvalue weighted by molar-refractivity contribution is 5.90. The fourth-order valence-corrected chi connectivity index (χ4v) is 4.60. The molecule has 0 spiro atoms. The first-order valence-corrected chi connectivity index (χ1v) is 10.6. The summed E-state index contributed by atoms with van der Waals surface area (Å²) in [5.74, 6) is -0.0861. The lowest BCUT2D eigenvalue weighted by Crippen LogP contribution is -2.08. The maximum atomic E-state index is 10.0. The number of hydrogen-bond acceptors (Lipinski definition) is 4. The van der Waals surface area contributed by atoms with E-state index >= 15 is 0 Å². The summed E-state index contributed by atoms with van der Waals surface area (Å²) >= 11 is 0. The Kier molecular flexibility index (Phi) is 4.94. The molecule has 5 rings (SSSR count). The first-order chi connectivity index (χ1) is 15.5. The largest absolute Gasteiger partial charge is 0.493 e. The van der Waals surface area contributed by atoms with Gasteiger partial charge in [0.15, 0.2) is 0 Å². The van der Waals surface area contributed by atoms with Gasteiger partial charge in [-0.25, -0.2) is 9.97 Å². The topological polar surface area (TPSA) is 63.8 Å². The van der Waals surface area contributed by atoms with E-state index < -0.39 is 0 Å². The highest BCUT2D eigenvalue weighted by Crippen LogP contribution is 2.37. The first kappa shape index (κ1) is 19.9. The van der Waals surface area contributed by atoms with E-state index in [1.54, 1.807) is 18.6 Å². The van der Waals surface area contributed by atoms with Crippen molar-refractivity contribution < 1.29 is 5.11 Å². The lowest BCUT2D eigenvalue weighted by atomic mass is 9.87. The summed E-state index contributed by atoms with van der Waals surface area (Å²) in [5, 5.41) is 11.2. The van der Waals surface area contributed by atoms with E-state index in [1.165, 1.54) is 16.7 Å². The number of rotatable bonds is 4. The van der Waals surface area contributed by atoms with E-state index in [9.17, 15) is 5.11 Å². The Hall–Kier alpha value is -3.99. The molecule has 0 saturated carbocycles. The van der Waals surface area contributed by atoms with Crippen LogP contribution in [-0.2, 0) is 7.05 Å². The number of aromatic hydroxyl groups is 1. The molecule has 3 aromatic heterocycles. The highest BCUT2D eigenvalue weighted by Gasteiger charge is 2.22. The van der Waals surface area contributed by atoms with Gasteiger partial charge >= 0.3 is 0 Å². The molecule has 0 bridgehead atoms. The minimum atomic E-state index is -0.0957. The maximum Gasteiger partial charge on any atom is 0.210 e. The van der Waals surface area contributed by atoms with Crippen molar-refractivity contribution >= 4 is 10.9 Å². The Morgan fingerprint density at radius 2 is 1.72 bits per heavy atom. The fraction of sp³-hybridized carbons (Fsp3) is 0.148. The molecule has 1 N–H and O–H groups in total. The predicted molar refractivity (Wildman–Crippen MR) is 127 cm³/mol. The number of pyridine rings is 2. The summed E-state index contributed by atoms with van der Waals surface area (Å²) in [6.07, 6.45) is 5.31. The standard InChI is InChI=1S/C27H24N4O/c1-17-22-13-20(9-10-23(22)30-18(2)26(17)19-7-5-4-6-8-19)27(24-15-28-16-31(24)3)21-11-12-29-25(32)14-21/h4-16,27H,1-3H3,(H,29,32). The van der Waals surface area contributed by atoms with Crippen molar-refractivity contribution in [3.8, 4) is 17.0 Å². The third kappa shape index (κ3) is 3.42. The summed E-state index contributed by atoms with van der Waals surface area (Å²) in [7, 11) is 1.99. The van der Waals surface area contributed by atoms with Crippen LogP contribution in [-0.4, -0.2) is 24.6 Å². The number of imidazole rings is 1. The molecule has 0 amide bonds. The molecule has 0 aliphatic carbocycles. The van der Waals surface area contributed by atoms with Gasteiger partial charge in [-0.2, -0.15) is 0 Å². The van der Waals surface area contributed by atoms with Crippen LogP contribution in [0.1, 0.15) is 34.0 Å². The summed E-state index contributed by atoms with van der Waals surface area (Å²) in [6.45, 7) is 4.24. The van der Waals surface area contributed by atoms with Crippen molar-refractivity contribution in [2.75, 3.05) is 0 Å². The quantitative estimate of drug-likeness (QED) is 0.415. The van der Waals surface area contributed by atoms with Gasteiger partial charge in [0, 0.05) is 47.8 Å². The van der Waals surface area contributed by atoms with Crippen LogP contribution >= 0.6 is 0 Å². The smallest absolute Gasteiger partial charge is 0.210 e. The predicted octanol–water partition coefficient (Wildman–Crippen LogP) is 5.53. The number of aromatic nitrogens is 4. The molecule has 0 saturated heterocycles. The van der Waals surface area contributed by atoms with Gasteiger partial charge in [-0.3, -0.25) is 4.98 Å². The average Bonchev–Trinajstić information content (AvgIpc) is 3.20. The Labute approximate surface area is 187 Å². The number of aryl methyl sites for hydroxylation is 3. The Bertz CT molecular complexity index is 1420. The third-order valence-corrected chi connectivity index (χ3v) is 6.10. The van der Waals surface area contributed by atoms with Crippen LogP contribution in [0.3, 0.4) is 0 Å². The van der Waals surface area contributed by atoms with E-state index in [-0.39, 0.29) is 11.8 Å². The molecule has 0 aliphatic rings. The minimum absolute atomic E-state index is 0.00953. The van der Waals surface area contributed by atoms with Crippen LogP contribution in [0.25, 0.3) is 22.0 Å². The van der Waals surface area contributed by atoms with E-state index in [0.717, 1.165) is 33.4 Å². The van der Waals surface area contributed by atoms with Crippen molar-refractivity contribution in [3.63, 3.8) is 0 Å². The Balaban J connectivity index is 1.74. The molecule has 0 aliphatic heterocycles. The maximum absolute atomic E-state index is 10.0. The molecule has 32 heavy (non-hydrogen) atoms. The van der Waals surface area contributed by atoms with Gasteiger partial charge in [-0.15, -0.1) is 0 Å². The number of hydrogen-bond donors (Lipinski definition) is 1. The number of benzene rings is 2. The lowest BCUT2D eigenvalue weighted by Gasteiger charge is -2.20. The van der Waals surface area contributed by atoms with Crippen molar-refractivity contribution in [1.82, 2.24) is 19.5 Å². The van der Waals surface area contributed by atoms with Gasteiger partial charge in [0.05, 0.1) is 17.8 Å². The molecule has 0 radical (unpaired) electrons. The summed E-state index contributed by atoms with van der Waals surface area (Å²) in [6, 6.07) is 20.5. The molecule has 5 nitrogen and oxygen atoms in total. The molecular formula is C27H24N4O. The number of fused-ring (bicyclic) bond motifs is 1. The molecule has 2 aromatic carbocycles. The monoisotopic (exact) mass is 420 g/mol. The van der Waals surface area contributed by atoms with Crippen molar-refractivity contribution in [3.05, 3.63) is 107 Å². The second-order valence-electron chi connectivity index (χ2n) is 8.15. The zero-order valence-corrected chi connectivity index (χ0v) is 18.3. The summed E-state index contributed by atoms with van der Waals surface area (Å²) in [4.78, 5) is 13.2. The molecule has 3 heterocycles. The van der Waals surface area contributed by atoms with E-state index in [1.807, 2.05) is 29.9 Å². The van der Waals surface area contributed by atoms with Gasteiger partial charge in [-0.1, -0.05) is 36.4 Å². The van der Waals surface area contributed by atoms with E-state index in [4.69, 9.17) is 4.98 Å². The minimum Gasteiger partial charge on any atom is -0.493 e. The van der Waals surface area contributed by atoms with Crippen LogP contribution in [0.2, 0.25) is 0 Å². The molecule has 1 atom stereocenters. The molecule has 0 fully saturated rings. The van der Waals surface area contributed by atoms with Crippen molar-refractivity contribution in [2.24, 2.45) is 7.05 Å². The Morgan fingerprint density at radius 3 is 2.44 bits per heavy atom. The number of nitrogens with zero attached hydrogens (tertiary/aromatic N) is 4. The summed E-state index contributed by atoms with van der Waals surface area (Å²) in [5.41, 5.74) is 8.66. The average molecular weight is 421 g/mol. The van der Waals surface area contributed by atoms with E-state index in [0.29, 0.717) is 0 Å². The normalized spacial score (nSPS) is 12.2. The molecule has 5 aromatic rings. The van der Waals surface area contributed by atoms with Crippen molar-refractivity contribution in [2.45, 2.75) is 19.8 Å². The van der Waals surface area contributed by atoms with Gasteiger partial charge < -0.3 is 9.67 Å². The third-order valence-electron chi connectivity index (χ3n) is 6.10. The fourth-order valence-electron chi connectivity index (χ4n) is 4.60. The second kappa shape index (κ2) is 7.93. The molecule has 5 heteroatoms. The molecule has 158 valence electrons. The van der Waals surface area contributed by atoms with E-state index in [2.05, 4.69) is 66.3 Å². The van der Waals surface area contributed by atoms with Crippen LogP contribution < -0.4 is 0 Å². The second-order valence-corrected chi connectivity index (χ2v) is 8.15. The first-order valence-electron chi connectivity index (χ1n) is 10.6. The van der Waals surface area contributed by atoms with Gasteiger partial charge in [0.1, 0.15) is 0 Å². The lowest BCUT2D eigenvalue weighted by molar-refractivity contribution is 0.452. The van der Waals surface area contributed by atoms with Crippen LogP contribution in [0.4, 0.5) is 0 Å². The molecule has 1 unspecified atom stereocenters. The Morgan fingerprint density at radius 1 is 0.938 bits per heavy atom. The van der Waals surface area contributed by atoms with Crippen LogP contribution in [0.15, 0.2) is 79.4 Å². The highest BCUT2D eigenvalue weighted by atomic mass is 16.3. The SMILES string of the molecule is Cc1nc2ccc(C(c3ccnc(O)c3)c3cncn3C)cc2c(C)c1-c1ccccc1. The van der Waals surface area contributed by atoms with Crippen LogP contribution in [0.5, 0.6) is 5.88 Å². The summed E-state index contributed by atoms with van der Waals surface area (Å²) < 4.78 is 2.02.